The summed E-state index contributed by atoms with van der Waals surface area (Å²) in [6.07, 6.45) is 4.07. The van der Waals surface area contributed by atoms with E-state index in [1.165, 1.54) is 25.8 Å². The quantitative estimate of drug-likeness (QED) is 0.681. The van der Waals surface area contributed by atoms with Crippen molar-refractivity contribution in [1.82, 2.24) is 4.90 Å². The fourth-order valence-electron chi connectivity index (χ4n) is 1.98. The zero-order chi connectivity index (χ0) is 9.84. The van der Waals surface area contributed by atoms with Gasteiger partial charge in [0, 0.05) is 12.6 Å². The van der Waals surface area contributed by atoms with Crippen LogP contribution < -0.4 is 5.73 Å². The van der Waals surface area contributed by atoms with Crippen LogP contribution in [0.5, 0.6) is 0 Å². The Morgan fingerprint density at radius 1 is 1.38 bits per heavy atom. The Hall–Kier alpha value is -0.0800. The standard InChI is InChI=1S/C11H24N2/c1-9(2)6-10(7-12)8-13(3)11-4-5-11/h9-11H,4-8,12H2,1-3H3. The molecule has 0 amide bonds. The number of rotatable bonds is 6. The van der Waals surface area contributed by atoms with Gasteiger partial charge in [0.1, 0.15) is 0 Å². The summed E-state index contributed by atoms with van der Waals surface area (Å²) in [6, 6.07) is 0.876. The zero-order valence-corrected chi connectivity index (χ0v) is 9.29. The first kappa shape index (κ1) is 11.0. The van der Waals surface area contributed by atoms with Crippen LogP contribution in [0.25, 0.3) is 0 Å². The van der Waals surface area contributed by atoms with Gasteiger partial charge in [0.15, 0.2) is 0 Å². The number of hydrogen-bond acceptors (Lipinski definition) is 2. The van der Waals surface area contributed by atoms with Crippen LogP contribution in [0.15, 0.2) is 0 Å². The fourth-order valence-corrected chi connectivity index (χ4v) is 1.98. The highest BCUT2D eigenvalue weighted by Gasteiger charge is 2.27. The molecule has 0 heterocycles. The van der Waals surface area contributed by atoms with Crippen molar-refractivity contribution in [3.05, 3.63) is 0 Å². The molecule has 1 aliphatic rings. The Labute approximate surface area is 82.5 Å². The van der Waals surface area contributed by atoms with E-state index in [2.05, 4.69) is 25.8 Å². The van der Waals surface area contributed by atoms with E-state index in [0.717, 1.165) is 18.5 Å². The van der Waals surface area contributed by atoms with E-state index in [1.54, 1.807) is 0 Å². The second-order valence-corrected chi connectivity index (χ2v) is 4.90. The third-order valence-electron chi connectivity index (χ3n) is 2.85. The summed E-state index contributed by atoms with van der Waals surface area (Å²) in [5.74, 6) is 1.48. The van der Waals surface area contributed by atoms with Crippen LogP contribution in [-0.4, -0.2) is 31.1 Å². The molecule has 0 saturated heterocycles. The molecule has 1 unspecified atom stereocenters. The summed E-state index contributed by atoms with van der Waals surface area (Å²) in [4.78, 5) is 2.49. The van der Waals surface area contributed by atoms with Gasteiger partial charge in [0.2, 0.25) is 0 Å². The minimum absolute atomic E-state index is 0.700. The predicted molar refractivity (Wildman–Crippen MR) is 57.7 cm³/mol. The van der Waals surface area contributed by atoms with Crippen LogP contribution in [0.3, 0.4) is 0 Å². The Kier molecular flexibility index (Phi) is 4.20. The average Bonchev–Trinajstić information content (AvgIpc) is 2.84. The highest BCUT2D eigenvalue weighted by atomic mass is 15.2. The predicted octanol–water partition coefficient (Wildman–Crippen LogP) is 1.70. The molecule has 1 atom stereocenters. The molecule has 0 aromatic carbocycles. The first-order valence-corrected chi connectivity index (χ1v) is 5.53. The molecule has 2 heteroatoms. The van der Waals surface area contributed by atoms with Gasteiger partial charge in [-0.15, -0.1) is 0 Å². The van der Waals surface area contributed by atoms with Gasteiger partial charge in [-0.1, -0.05) is 13.8 Å². The second-order valence-electron chi connectivity index (χ2n) is 4.90. The molecule has 0 spiro atoms. The lowest BCUT2D eigenvalue weighted by Crippen LogP contribution is -2.32. The molecule has 0 radical (unpaired) electrons. The minimum Gasteiger partial charge on any atom is -0.330 e. The van der Waals surface area contributed by atoms with Crippen molar-refractivity contribution < 1.29 is 0 Å². The SMILES string of the molecule is CC(C)CC(CN)CN(C)C1CC1. The summed E-state index contributed by atoms with van der Waals surface area (Å²) >= 11 is 0. The molecule has 1 fully saturated rings. The Bertz CT molecular complexity index is 141. The molecular weight excluding hydrogens is 160 g/mol. The van der Waals surface area contributed by atoms with Gasteiger partial charge in [-0.3, -0.25) is 0 Å². The van der Waals surface area contributed by atoms with Crippen LogP contribution >= 0.6 is 0 Å². The lowest BCUT2D eigenvalue weighted by Gasteiger charge is -2.24. The Morgan fingerprint density at radius 3 is 2.38 bits per heavy atom. The maximum absolute atomic E-state index is 5.76. The lowest BCUT2D eigenvalue weighted by molar-refractivity contribution is 0.248. The molecular formula is C11H24N2. The molecule has 1 rings (SSSR count). The maximum atomic E-state index is 5.76. The molecule has 0 aromatic rings. The monoisotopic (exact) mass is 184 g/mol. The molecule has 1 aliphatic carbocycles. The molecule has 2 N–H and O–H groups in total. The molecule has 78 valence electrons. The highest BCUT2D eigenvalue weighted by Crippen LogP contribution is 2.26. The molecule has 0 bridgehead atoms. The molecule has 0 aromatic heterocycles. The van der Waals surface area contributed by atoms with Gasteiger partial charge < -0.3 is 10.6 Å². The summed E-state index contributed by atoms with van der Waals surface area (Å²) in [5, 5.41) is 0. The van der Waals surface area contributed by atoms with Crippen LogP contribution in [0.2, 0.25) is 0 Å². The number of hydrogen-bond donors (Lipinski definition) is 1. The van der Waals surface area contributed by atoms with Crippen molar-refractivity contribution in [2.45, 2.75) is 39.2 Å². The topological polar surface area (TPSA) is 29.3 Å². The van der Waals surface area contributed by atoms with Gasteiger partial charge in [0.25, 0.3) is 0 Å². The highest BCUT2D eigenvalue weighted by molar-refractivity contribution is 4.83. The van der Waals surface area contributed by atoms with E-state index in [1.807, 2.05) is 0 Å². The third kappa shape index (κ3) is 4.10. The van der Waals surface area contributed by atoms with Crippen molar-refractivity contribution >= 4 is 0 Å². The summed E-state index contributed by atoms with van der Waals surface area (Å²) in [5.41, 5.74) is 5.76. The lowest BCUT2D eigenvalue weighted by atomic mass is 9.97. The molecule has 2 nitrogen and oxygen atoms in total. The molecule has 0 aliphatic heterocycles. The first-order valence-electron chi connectivity index (χ1n) is 5.53. The van der Waals surface area contributed by atoms with Crippen molar-refractivity contribution in [2.75, 3.05) is 20.1 Å². The average molecular weight is 184 g/mol. The first-order chi connectivity index (χ1) is 6.13. The van der Waals surface area contributed by atoms with E-state index in [4.69, 9.17) is 5.73 Å². The molecule has 13 heavy (non-hydrogen) atoms. The maximum Gasteiger partial charge on any atom is 0.00934 e. The summed E-state index contributed by atoms with van der Waals surface area (Å²) in [7, 11) is 2.24. The minimum atomic E-state index is 0.700. The molecule has 1 saturated carbocycles. The van der Waals surface area contributed by atoms with Crippen molar-refractivity contribution in [3.63, 3.8) is 0 Å². The normalized spacial score (nSPS) is 19.8. The summed E-state index contributed by atoms with van der Waals surface area (Å²) < 4.78 is 0. The van der Waals surface area contributed by atoms with Gasteiger partial charge in [-0.25, -0.2) is 0 Å². The van der Waals surface area contributed by atoms with Gasteiger partial charge >= 0.3 is 0 Å². The second kappa shape index (κ2) is 4.97. The van der Waals surface area contributed by atoms with E-state index in [0.29, 0.717) is 5.92 Å². The fraction of sp³-hybridized carbons (Fsp3) is 1.00. The largest absolute Gasteiger partial charge is 0.330 e. The van der Waals surface area contributed by atoms with Gasteiger partial charge in [-0.05, 0) is 44.7 Å². The van der Waals surface area contributed by atoms with Crippen LogP contribution in [-0.2, 0) is 0 Å². The smallest absolute Gasteiger partial charge is 0.00934 e. The third-order valence-corrected chi connectivity index (χ3v) is 2.85. The van der Waals surface area contributed by atoms with Crippen LogP contribution in [0.4, 0.5) is 0 Å². The van der Waals surface area contributed by atoms with E-state index in [-0.39, 0.29) is 0 Å². The van der Waals surface area contributed by atoms with Gasteiger partial charge in [0.05, 0.1) is 0 Å². The van der Waals surface area contributed by atoms with E-state index >= 15 is 0 Å². The van der Waals surface area contributed by atoms with E-state index < -0.39 is 0 Å². The Morgan fingerprint density at radius 2 is 2.00 bits per heavy atom. The number of nitrogens with zero attached hydrogens (tertiary/aromatic N) is 1. The van der Waals surface area contributed by atoms with Crippen molar-refractivity contribution in [2.24, 2.45) is 17.6 Å². The van der Waals surface area contributed by atoms with Crippen LogP contribution in [0, 0.1) is 11.8 Å². The van der Waals surface area contributed by atoms with Gasteiger partial charge in [-0.2, -0.15) is 0 Å². The zero-order valence-electron chi connectivity index (χ0n) is 9.29. The summed E-state index contributed by atoms with van der Waals surface area (Å²) in [6.45, 7) is 6.59. The van der Waals surface area contributed by atoms with Crippen molar-refractivity contribution in [3.8, 4) is 0 Å². The van der Waals surface area contributed by atoms with E-state index in [9.17, 15) is 0 Å². The van der Waals surface area contributed by atoms with Crippen LogP contribution in [0.1, 0.15) is 33.1 Å². The van der Waals surface area contributed by atoms with Crippen molar-refractivity contribution in [1.29, 1.82) is 0 Å². The Balaban J connectivity index is 2.21. The number of nitrogens with two attached hydrogens (primary N) is 1.